The summed E-state index contributed by atoms with van der Waals surface area (Å²) in [5, 5.41) is 0. The monoisotopic (exact) mass is 298 g/mol. The maximum absolute atomic E-state index is 2.23. The zero-order valence-electron chi connectivity index (χ0n) is 5.54. The Bertz CT molecular complexity index is 16.1. The molecule has 0 fully saturated rings. The van der Waals surface area contributed by atoms with Crippen LogP contribution in [0, 0.1) is 0 Å². The molecule has 0 amide bonds. The molecule has 0 N–H and O–H groups in total. The van der Waals surface area contributed by atoms with E-state index in [0.717, 1.165) is 0 Å². The quantitative estimate of drug-likeness (QED) is 0.546. The summed E-state index contributed by atoms with van der Waals surface area (Å²) >= 11 is 0. The van der Waals surface area contributed by atoms with E-state index >= 15 is 0 Å². The van der Waals surface area contributed by atoms with Crippen LogP contribution < -0.4 is 0 Å². The minimum atomic E-state index is 0. The average molecular weight is 298 g/mol. The Hall–Kier alpha value is 0.883. The van der Waals surface area contributed by atoms with Gasteiger partial charge in [0.1, 0.15) is 0 Å². The molecule has 0 rings (SSSR count). The van der Waals surface area contributed by atoms with Crippen LogP contribution >= 0.6 is 0 Å². The van der Waals surface area contributed by atoms with Crippen molar-refractivity contribution in [2.75, 3.05) is 0 Å². The van der Waals surface area contributed by atoms with E-state index in [1.165, 1.54) is 25.7 Å². The van der Waals surface area contributed by atoms with Gasteiger partial charge >= 0.3 is 26.2 Å². The molecule has 0 aliphatic rings. The molecule has 0 spiro atoms. The first-order valence-corrected chi connectivity index (χ1v) is 2.91. The van der Waals surface area contributed by atoms with Crippen LogP contribution in [0.4, 0.5) is 0 Å². The fourth-order valence-corrected chi connectivity index (χ4v) is 0.500. The molecule has 0 heterocycles. The minimum absolute atomic E-state index is 0. The van der Waals surface area contributed by atoms with Crippen molar-refractivity contribution < 1.29 is 0 Å². The Balaban J connectivity index is 0. The molecule has 0 saturated heterocycles. The summed E-state index contributed by atoms with van der Waals surface area (Å²) in [4.78, 5) is 0. The molecule has 0 unspecified atom stereocenters. The number of hydrogen-bond donors (Lipinski definition) is 0. The molecule has 0 atom stereocenters. The molecular weight excluding hydrogens is 281 g/mol. The van der Waals surface area contributed by atoms with Gasteiger partial charge in [0.25, 0.3) is 0 Å². The Morgan fingerprint density at radius 2 is 1.14 bits per heavy atom. The molecule has 0 aromatic heterocycles. The summed E-state index contributed by atoms with van der Waals surface area (Å²) in [7, 11) is 0. The van der Waals surface area contributed by atoms with E-state index in [2.05, 4.69) is 13.8 Å². The van der Waals surface area contributed by atoms with Gasteiger partial charge in [0.05, 0.1) is 0 Å². The predicted molar refractivity (Wildman–Crippen MR) is 39.8 cm³/mol. The number of rotatable bonds is 3. The summed E-state index contributed by atoms with van der Waals surface area (Å²) in [5.41, 5.74) is 0. The molecule has 0 radical (unpaired) electrons. The van der Waals surface area contributed by atoms with Gasteiger partial charge in [-0.15, -0.1) is 0 Å². The topological polar surface area (TPSA) is 0 Å². The normalized spacial score (nSPS) is 7.71. The summed E-state index contributed by atoms with van der Waals surface area (Å²) in [5.74, 6) is 0. The van der Waals surface area contributed by atoms with Crippen molar-refractivity contribution in [2.45, 2.75) is 39.5 Å². The van der Waals surface area contributed by atoms with Crippen LogP contribution in [0.5, 0.6) is 0 Å². The summed E-state index contributed by atoms with van der Waals surface area (Å²) in [6.45, 7) is 4.46. The van der Waals surface area contributed by atoms with E-state index in [1.54, 1.807) is 0 Å². The van der Waals surface area contributed by atoms with Crippen molar-refractivity contribution in [1.29, 1.82) is 0 Å². The first kappa shape index (κ1) is 10.8. The van der Waals surface area contributed by atoms with Crippen molar-refractivity contribution in [2.24, 2.45) is 0 Å². The van der Waals surface area contributed by atoms with Gasteiger partial charge in [-0.3, -0.25) is 0 Å². The van der Waals surface area contributed by atoms with Crippen LogP contribution in [-0.4, -0.2) is 26.2 Å². The molecule has 0 aromatic carbocycles. The molecule has 0 bridgehead atoms. The van der Waals surface area contributed by atoms with Crippen molar-refractivity contribution in [3.63, 3.8) is 0 Å². The van der Waals surface area contributed by atoms with Gasteiger partial charge in [-0.2, -0.15) is 0 Å². The van der Waals surface area contributed by atoms with Crippen molar-refractivity contribution >= 4 is 26.2 Å². The standard InChI is InChI=1S/C6H14.Bi.3H/c1-3-5-6-4-2;;;;/h3-6H2,1-2H3;;;;. The molecule has 7 heavy (non-hydrogen) atoms. The number of unbranched alkanes of at least 4 members (excludes halogenated alkanes) is 3. The van der Waals surface area contributed by atoms with E-state index in [-0.39, 0.29) is 26.2 Å². The predicted octanol–water partition coefficient (Wildman–Crippen LogP) is 1.40. The van der Waals surface area contributed by atoms with Gasteiger partial charge < -0.3 is 0 Å². The van der Waals surface area contributed by atoms with E-state index in [1.807, 2.05) is 0 Å². The fraction of sp³-hybridized carbons (Fsp3) is 1.00. The van der Waals surface area contributed by atoms with Crippen LogP contribution in [0.25, 0.3) is 0 Å². The SMILES string of the molecule is CCCCCC.[BiH3]. The zero-order chi connectivity index (χ0) is 4.83. The molecule has 0 saturated carbocycles. The third kappa shape index (κ3) is 10.9. The third-order valence-corrected chi connectivity index (χ3v) is 0.957. The summed E-state index contributed by atoms with van der Waals surface area (Å²) < 4.78 is 0. The van der Waals surface area contributed by atoms with E-state index in [0.29, 0.717) is 0 Å². The molecule has 0 nitrogen and oxygen atoms in total. The second-order valence-electron chi connectivity index (χ2n) is 1.71. The Morgan fingerprint density at radius 1 is 0.857 bits per heavy atom. The van der Waals surface area contributed by atoms with Crippen LogP contribution in [-0.2, 0) is 0 Å². The van der Waals surface area contributed by atoms with E-state index in [4.69, 9.17) is 0 Å². The van der Waals surface area contributed by atoms with Gasteiger partial charge in [0.2, 0.25) is 0 Å². The second-order valence-corrected chi connectivity index (χ2v) is 1.71. The van der Waals surface area contributed by atoms with Crippen LogP contribution in [0.2, 0.25) is 0 Å². The van der Waals surface area contributed by atoms with Crippen LogP contribution in [0.1, 0.15) is 39.5 Å². The van der Waals surface area contributed by atoms with Crippen LogP contribution in [0.3, 0.4) is 0 Å². The van der Waals surface area contributed by atoms with Crippen molar-refractivity contribution in [1.82, 2.24) is 0 Å². The Labute approximate surface area is 65.8 Å². The average Bonchev–Trinajstić information content (AvgIpc) is 1.61. The van der Waals surface area contributed by atoms with Gasteiger partial charge in [-0.05, 0) is 0 Å². The number of hydrogen-bond acceptors (Lipinski definition) is 0. The molecule has 46 valence electrons. The molecule has 1 heteroatoms. The first-order chi connectivity index (χ1) is 2.91. The van der Waals surface area contributed by atoms with E-state index in [9.17, 15) is 0 Å². The maximum atomic E-state index is 2.23. The van der Waals surface area contributed by atoms with Gasteiger partial charge in [-0.25, -0.2) is 0 Å². The molecule has 0 aromatic rings. The molecular formula is C6H17Bi. The molecule has 0 aliphatic heterocycles. The van der Waals surface area contributed by atoms with Gasteiger partial charge in [0.15, 0.2) is 0 Å². The summed E-state index contributed by atoms with van der Waals surface area (Å²) in [6.07, 6.45) is 5.54. The van der Waals surface area contributed by atoms with Crippen molar-refractivity contribution in [3.05, 3.63) is 0 Å². The fourth-order valence-electron chi connectivity index (χ4n) is 0.500. The second kappa shape index (κ2) is 9.99. The summed E-state index contributed by atoms with van der Waals surface area (Å²) in [6, 6.07) is 0. The Morgan fingerprint density at radius 3 is 1.29 bits per heavy atom. The first-order valence-electron chi connectivity index (χ1n) is 2.91. The van der Waals surface area contributed by atoms with Gasteiger partial charge in [0, 0.05) is 0 Å². The Kier molecular flexibility index (Phi) is 15.4. The van der Waals surface area contributed by atoms with Crippen molar-refractivity contribution in [3.8, 4) is 0 Å². The zero-order valence-corrected chi connectivity index (χ0v) is 11.0. The molecule has 0 aliphatic carbocycles. The van der Waals surface area contributed by atoms with Gasteiger partial charge in [-0.1, -0.05) is 39.5 Å². The van der Waals surface area contributed by atoms with E-state index < -0.39 is 0 Å². The third-order valence-electron chi connectivity index (χ3n) is 0.957. The van der Waals surface area contributed by atoms with Crippen LogP contribution in [0.15, 0.2) is 0 Å².